The van der Waals surface area contributed by atoms with Crippen LogP contribution in [-0.2, 0) is 4.79 Å². The van der Waals surface area contributed by atoms with Gasteiger partial charge in [-0.15, -0.1) is 0 Å². The Bertz CT molecular complexity index is 208. The van der Waals surface area contributed by atoms with Crippen LogP contribution in [0.15, 0.2) is 0 Å². The van der Waals surface area contributed by atoms with E-state index in [0.29, 0.717) is 11.9 Å². The topological polar surface area (TPSA) is 20.3 Å². The molecule has 1 saturated carbocycles. The van der Waals surface area contributed by atoms with Crippen LogP contribution in [-0.4, -0.2) is 23.4 Å². The van der Waals surface area contributed by atoms with E-state index in [2.05, 4.69) is 13.8 Å². The minimum absolute atomic E-state index is 0.387. The molecule has 1 aliphatic heterocycles. The van der Waals surface area contributed by atoms with Gasteiger partial charge in [0.1, 0.15) is 0 Å². The SMILES string of the molecule is CC(C)N1CCC(C2CC2)CC1=O. The van der Waals surface area contributed by atoms with Crippen LogP contribution in [0, 0.1) is 11.8 Å². The Morgan fingerprint density at radius 1 is 1.23 bits per heavy atom. The first-order chi connectivity index (χ1) is 6.18. The molecule has 0 spiro atoms. The van der Waals surface area contributed by atoms with E-state index < -0.39 is 0 Å². The number of rotatable bonds is 2. The van der Waals surface area contributed by atoms with E-state index in [4.69, 9.17) is 0 Å². The molecule has 2 heteroatoms. The minimum Gasteiger partial charge on any atom is -0.340 e. The summed E-state index contributed by atoms with van der Waals surface area (Å²) in [5.74, 6) is 2.01. The van der Waals surface area contributed by atoms with Crippen molar-refractivity contribution >= 4 is 5.91 Å². The number of nitrogens with zero attached hydrogens (tertiary/aromatic N) is 1. The lowest BCUT2D eigenvalue weighted by molar-refractivity contribution is -0.137. The number of amides is 1. The molecule has 2 rings (SSSR count). The maximum Gasteiger partial charge on any atom is 0.223 e. The Balaban J connectivity index is 1.91. The van der Waals surface area contributed by atoms with E-state index in [-0.39, 0.29) is 0 Å². The number of carbonyl (C=O) groups excluding carboxylic acids is 1. The molecule has 1 aliphatic carbocycles. The quantitative estimate of drug-likeness (QED) is 0.638. The van der Waals surface area contributed by atoms with Crippen LogP contribution in [0.1, 0.15) is 39.5 Å². The van der Waals surface area contributed by atoms with Crippen molar-refractivity contribution < 1.29 is 4.79 Å². The molecule has 1 atom stereocenters. The Hall–Kier alpha value is -0.530. The summed E-state index contributed by atoms with van der Waals surface area (Å²) in [4.78, 5) is 13.7. The van der Waals surface area contributed by atoms with Gasteiger partial charge in [-0.2, -0.15) is 0 Å². The van der Waals surface area contributed by atoms with E-state index >= 15 is 0 Å². The molecule has 2 nitrogen and oxygen atoms in total. The average molecular weight is 181 g/mol. The van der Waals surface area contributed by atoms with E-state index in [1.54, 1.807) is 0 Å². The van der Waals surface area contributed by atoms with Gasteiger partial charge in [-0.1, -0.05) is 0 Å². The summed E-state index contributed by atoms with van der Waals surface area (Å²) in [7, 11) is 0. The summed E-state index contributed by atoms with van der Waals surface area (Å²) in [6.45, 7) is 5.21. The Labute approximate surface area is 80.3 Å². The third kappa shape index (κ3) is 1.87. The molecule has 2 aliphatic rings. The largest absolute Gasteiger partial charge is 0.340 e. The van der Waals surface area contributed by atoms with Gasteiger partial charge >= 0.3 is 0 Å². The molecule has 0 N–H and O–H groups in total. The van der Waals surface area contributed by atoms with Crippen LogP contribution in [0.4, 0.5) is 0 Å². The molecule has 74 valence electrons. The fourth-order valence-electron chi connectivity index (χ4n) is 2.39. The van der Waals surface area contributed by atoms with Crippen LogP contribution < -0.4 is 0 Å². The van der Waals surface area contributed by atoms with Crippen molar-refractivity contribution in [1.82, 2.24) is 4.90 Å². The van der Waals surface area contributed by atoms with Gasteiger partial charge in [-0.25, -0.2) is 0 Å². The molecule has 1 saturated heterocycles. The van der Waals surface area contributed by atoms with Gasteiger partial charge in [0.25, 0.3) is 0 Å². The average Bonchev–Trinajstić information content (AvgIpc) is 2.85. The molecule has 2 fully saturated rings. The van der Waals surface area contributed by atoms with Crippen molar-refractivity contribution in [2.75, 3.05) is 6.54 Å². The lowest BCUT2D eigenvalue weighted by Gasteiger charge is -2.34. The number of likely N-dealkylation sites (tertiary alicyclic amines) is 1. The van der Waals surface area contributed by atoms with Gasteiger partial charge in [-0.05, 0) is 44.9 Å². The molecule has 1 amide bonds. The highest BCUT2D eigenvalue weighted by molar-refractivity contribution is 5.77. The summed E-state index contributed by atoms with van der Waals surface area (Å²) in [5.41, 5.74) is 0. The zero-order valence-corrected chi connectivity index (χ0v) is 8.62. The second kappa shape index (κ2) is 3.32. The molecule has 0 bridgehead atoms. The maximum absolute atomic E-state index is 11.7. The number of piperidine rings is 1. The van der Waals surface area contributed by atoms with Crippen LogP contribution in [0.5, 0.6) is 0 Å². The third-order valence-electron chi connectivity index (χ3n) is 3.41. The molecule has 0 aromatic rings. The monoisotopic (exact) mass is 181 g/mol. The Kier molecular flexibility index (Phi) is 2.31. The van der Waals surface area contributed by atoms with Crippen molar-refractivity contribution in [1.29, 1.82) is 0 Å². The predicted molar refractivity (Wildman–Crippen MR) is 52.3 cm³/mol. The molecular weight excluding hydrogens is 162 g/mol. The van der Waals surface area contributed by atoms with Gasteiger partial charge < -0.3 is 4.90 Å². The third-order valence-corrected chi connectivity index (χ3v) is 3.41. The zero-order valence-electron chi connectivity index (χ0n) is 8.62. The lowest BCUT2D eigenvalue weighted by Crippen LogP contribution is -2.43. The van der Waals surface area contributed by atoms with Crippen molar-refractivity contribution in [2.24, 2.45) is 11.8 Å². The van der Waals surface area contributed by atoms with Crippen molar-refractivity contribution in [3.05, 3.63) is 0 Å². The minimum atomic E-state index is 0.387. The van der Waals surface area contributed by atoms with Gasteiger partial charge in [0, 0.05) is 19.0 Å². The molecule has 0 radical (unpaired) electrons. The highest BCUT2D eigenvalue weighted by Gasteiger charge is 2.36. The predicted octanol–water partition coefficient (Wildman–Crippen LogP) is 2.04. The molecule has 13 heavy (non-hydrogen) atoms. The van der Waals surface area contributed by atoms with E-state index in [1.165, 1.54) is 19.3 Å². The summed E-state index contributed by atoms with van der Waals surface area (Å²) < 4.78 is 0. The molecule has 1 heterocycles. The standard InChI is InChI=1S/C11H19NO/c1-8(2)12-6-5-10(7-11(12)13)9-3-4-9/h8-10H,3-7H2,1-2H3. The van der Waals surface area contributed by atoms with Crippen molar-refractivity contribution in [3.8, 4) is 0 Å². The fourth-order valence-corrected chi connectivity index (χ4v) is 2.39. The van der Waals surface area contributed by atoms with Crippen LogP contribution >= 0.6 is 0 Å². The van der Waals surface area contributed by atoms with Crippen LogP contribution in [0.2, 0.25) is 0 Å². The first-order valence-electron chi connectivity index (χ1n) is 5.48. The Morgan fingerprint density at radius 2 is 1.92 bits per heavy atom. The molecule has 0 aromatic carbocycles. The van der Waals surface area contributed by atoms with Crippen LogP contribution in [0.3, 0.4) is 0 Å². The smallest absolute Gasteiger partial charge is 0.223 e. The van der Waals surface area contributed by atoms with Crippen molar-refractivity contribution in [3.63, 3.8) is 0 Å². The number of hydrogen-bond acceptors (Lipinski definition) is 1. The number of hydrogen-bond donors (Lipinski definition) is 0. The highest BCUT2D eigenvalue weighted by Crippen LogP contribution is 2.42. The van der Waals surface area contributed by atoms with E-state index in [0.717, 1.165) is 24.8 Å². The van der Waals surface area contributed by atoms with Gasteiger partial charge in [-0.3, -0.25) is 4.79 Å². The summed E-state index contributed by atoms with van der Waals surface area (Å²) in [5, 5.41) is 0. The molecular formula is C11H19NO. The molecule has 0 aromatic heterocycles. The summed E-state index contributed by atoms with van der Waals surface area (Å²) in [6.07, 6.45) is 4.82. The summed E-state index contributed by atoms with van der Waals surface area (Å²) in [6, 6.07) is 0.396. The lowest BCUT2D eigenvalue weighted by atomic mass is 9.91. The van der Waals surface area contributed by atoms with E-state index in [1.807, 2.05) is 4.90 Å². The van der Waals surface area contributed by atoms with Crippen molar-refractivity contribution in [2.45, 2.75) is 45.6 Å². The second-order valence-electron chi connectivity index (χ2n) is 4.77. The Morgan fingerprint density at radius 3 is 2.38 bits per heavy atom. The maximum atomic E-state index is 11.7. The first kappa shape index (κ1) is 9.04. The highest BCUT2D eigenvalue weighted by atomic mass is 16.2. The first-order valence-corrected chi connectivity index (χ1v) is 5.48. The molecule has 1 unspecified atom stereocenters. The van der Waals surface area contributed by atoms with Crippen LogP contribution in [0.25, 0.3) is 0 Å². The van der Waals surface area contributed by atoms with Gasteiger partial charge in [0.2, 0.25) is 5.91 Å². The van der Waals surface area contributed by atoms with Gasteiger partial charge in [0.05, 0.1) is 0 Å². The number of carbonyl (C=O) groups is 1. The second-order valence-corrected chi connectivity index (χ2v) is 4.77. The summed E-state index contributed by atoms with van der Waals surface area (Å²) >= 11 is 0. The normalized spacial score (nSPS) is 29.9. The zero-order chi connectivity index (χ0) is 9.42. The van der Waals surface area contributed by atoms with E-state index in [9.17, 15) is 4.79 Å². The fraction of sp³-hybridized carbons (Fsp3) is 0.909. The van der Waals surface area contributed by atoms with Gasteiger partial charge in [0.15, 0.2) is 0 Å².